The van der Waals surface area contributed by atoms with Crippen LogP contribution in [-0.2, 0) is 24.2 Å². The number of sulfone groups is 1. The molecule has 0 aliphatic carbocycles. The molecule has 0 bridgehead atoms. The third-order valence-electron chi connectivity index (χ3n) is 8.00. The molecule has 3 fully saturated rings. The minimum atomic E-state index is -3.98. The number of carbonyl (C=O) groups excluding carboxylic acids is 2. The molecule has 3 heterocycles. The lowest BCUT2D eigenvalue weighted by Crippen LogP contribution is -2.51. The molecule has 3 aliphatic rings. The van der Waals surface area contributed by atoms with Gasteiger partial charge in [0.2, 0.25) is 5.91 Å². The molecule has 2 atom stereocenters. The van der Waals surface area contributed by atoms with Gasteiger partial charge in [0.05, 0.1) is 4.90 Å². The van der Waals surface area contributed by atoms with Crippen LogP contribution >= 0.6 is 0 Å². The Bertz CT molecular complexity index is 1000. The standard InChI is InChI=1S/C26H38N2O6S/c1-19-15-20(2)17-28(16-19)25(31)21-7-11-27(12-8-21)22-3-5-23(6-4-22)35(32,33)26(24(30)18-29)9-13-34-14-10-26/h3-6,19-21,29H,7-18H2,1-2H3. The van der Waals surface area contributed by atoms with E-state index in [9.17, 15) is 23.1 Å². The average molecular weight is 507 g/mol. The quantitative estimate of drug-likeness (QED) is 0.631. The fourth-order valence-electron chi connectivity index (χ4n) is 6.09. The first kappa shape index (κ1) is 26.1. The molecule has 1 N–H and O–H groups in total. The Hall–Kier alpha value is -1.97. The van der Waals surface area contributed by atoms with Crippen LogP contribution in [0.15, 0.2) is 29.2 Å². The van der Waals surface area contributed by atoms with Gasteiger partial charge in [0.25, 0.3) is 0 Å². The predicted molar refractivity (Wildman–Crippen MR) is 133 cm³/mol. The SMILES string of the molecule is CC1CC(C)CN(C(=O)C2CCN(c3ccc(S(=O)(=O)C4(C(=O)CO)CCOCC4)cc3)CC2)C1. The van der Waals surface area contributed by atoms with Crippen molar-refractivity contribution in [2.24, 2.45) is 17.8 Å². The molecule has 0 saturated carbocycles. The van der Waals surface area contributed by atoms with Crippen molar-refractivity contribution in [3.8, 4) is 0 Å². The number of anilines is 1. The fraction of sp³-hybridized carbons (Fsp3) is 0.692. The molecule has 9 heteroatoms. The Balaban J connectivity index is 1.41. The lowest BCUT2D eigenvalue weighted by atomic mass is 9.89. The van der Waals surface area contributed by atoms with Crippen LogP contribution in [0, 0.1) is 17.8 Å². The number of nitrogens with zero attached hydrogens (tertiary/aromatic N) is 2. The minimum absolute atomic E-state index is 0.0428. The maximum absolute atomic E-state index is 13.5. The highest BCUT2D eigenvalue weighted by atomic mass is 32.2. The van der Waals surface area contributed by atoms with Gasteiger partial charge in [0.15, 0.2) is 15.6 Å². The smallest absolute Gasteiger partial charge is 0.225 e. The molecule has 0 radical (unpaired) electrons. The van der Waals surface area contributed by atoms with Crippen LogP contribution < -0.4 is 4.90 Å². The summed E-state index contributed by atoms with van der Waals surface area (Å²) < 4.78 is 30.6. The largest absolute Gasteiger partial charge is 0.389 e. The van der Waals surface area contributed by atoms with Crippen molar-refractivity contribution in [2.45, 2.75) is 55.6 Å². The van der Waals surface area contributed by atoms with Crippen molar-refractivity contribution >= 4 is 27.2 Å². The van der Waals surface area contributed by atoms with Gasteiger partial charge in [-0.2, -0.15) is 0 Å². The van der Waals surface area contributed by atoms with Gasteiger partial charge in [0, 0.05) is 51.0 Å². The molecule has 1 aromatic rings. The minimum Gasteiger partial charge on any atom is -0.389 e. The summed E-state index contributed by atoms with van der Waals surface area (Å²) in [6, 6.07) is 6.67. The third-order valence-corrected chi connectivity index (χ3v) is 10.6. The average Bonchev–Trinajstić information content (AvgIpc) is 2.87. The molecule has 0 aromatic heterocycles. The number of Topliss-reactive ketones (excluding diaryl/α,β-unsaturated/α-hetero) is 1. The van der Waals surface area contributed by atoms with Gasteiger partial charge in [-0.05, 0) is 68.2 Å². The van der Waals surface area contributed by atoms with E-state index in [-0.39, 0.29) is 42.8 Å². The summed E-state index contributed by atoms with van der Waals surface area (Å²) in [4.78, 5) is 30.0. The second-order valence-corrected chi connectivity index (χ2v) is 12.9. The first-order valence-corrected chi connectivity index (χ1v) is 14.3. The highest BCUT2D eigenvalue weighted by Gasteiger charge is 2.51. The van der Waals surface area contributed by atoms with Crippen LogP contribution in [0.4, 0.5) is 5.69 Å². The van der Waals surface area contributed by atoms with Crippen molar-refractivity contribution in [1.82, 2.24) is 4.90 Å². The first-order valence-electron chi connectivity index (χ1n) is 12.8. The zero-order valence-corrected chi connectivity index (χ0v) is 21.6. The Morgan fingerprint density at radius 1 is 1.03 bits per heavy atom. The van der Waals surface area contributed by atoms with E-state index >= 15 is 0 Å². The van der Waals surface area contributed by atoms with Gasteiger partial charge in [-0.3, -0.25) is 9.59 Å². The number of rotatable bonds is 6. The summed E-state index contributed by atoms with van der Waals surface area (Å²) in [6.07, 6.45) is 2.84. The van der Waals surface area contributed by atoms with E-state index in [0.29, 0.717) is 11.8 Å². The van der Waals surface area contributed by atoms with Crippen LogP contribution in [0.25, 0.3) is 0 Å². The van der Waals surface area contributed by atoms with Gasteiger partial charge in [-0.15, -0.1) is 0 Å². The number of ketones is 1. The number of carbonyl (C=O) groups is 2. The number of hydrogen-bond donors (Lipinski definition) is 1. The van der Waals surface area contributed by atoms with E-state index in [0.717, 1.165) is 44.7 Å². The molecule has 1 amide bonds. The van der Waals surface area contributed by atoms with Crippen LogP contribution in [-0.4, -0.2) is 80.9 Å². The molecule has 1 aromatic carbocycles. The maximum Gasteiger partial charge on any atom is 0.225 e. The number of piperidine rings is 2. The first-order chi connectivity index (χ1) is 16.7. The number of ether oxygens (including phenoxy) is 1. The van der Waals surface area contributed by atoms with E-state index in [1.165, 1.54) is 6.42 Å². The summed E-state index contributed by atoms with van der Waals surface area (Å²) in [7, 11) is -3.98. The van der Waals surface area contributed by atoms with Crippen molar-refractivity contribution in [3.63, 3.8) is 0 Å². The lowest BCUT2D eigenvalue weighted by molar-refractivity contribution is -0.139. The van der Waals surface area contributed by atoms with Crippen LogP contribution in [0.1, 0.15) is 46.0 Å². The molecular weight excluding hydrogens is 468 g/mol. The maximum atomic E-state index is 13.5. The molecule has 194 valence electrons. The summed E-state index contributed by atoms with van der Waals surface area (Å²) in [5.41, 5.74) is 0.907. The van der Waals surface area contributed by atoms with E-state index in [2.05, 4.69) is 23.6 Å². The summed E-state index contributed by atoms with van der Waals surface area (Å²) in [5, 5.41) is 9.46. The highest BCUT2D eigenvalue weighted by molar-refractivity contribution is 7.93. The molecule has 0 spiro atoms. The van der Waals surface area contributed by atoms with E-state index < -0.39 is 27.0 Å². The number of likely N-dealkylation sites (tertiary alicyclic amines) is 1. The number of aliphatic hydroxyl groups is 1. The Morgan fingerprint density at radius 2 is 1.60 bits per heavy atom. The van der Waals surface area contributed by atoms with Crippen molar-refractivity contribution < 1.29 is 27.9 Å². The molecular formula is C26H38N2O6S. The van der Waals surface area contributed by atoms with E-state index in [4.69, 9.17) is 4.74 Å². The lowest BCUT2D eigenvalue weighted by Gasteiger charge is -2.39. The van der Waals surface area contributed by atoms with E-state index in [1.54, 1.807) is 24.3 Å². The van der Waals surface area contributed by atoms with Crippen molar-refractivity contribution in [3.05, 3.63) is 24.3 Å². The number of benzene rings is 1. The molecule has 2 unspecified atom stereocenters. The molecule has 35 heavy (non-hydrogen) atoms. The third kappa shape index (κ3) is 5.13. The second kappa shape index (κ2) is 10.6. The second-order valence-electron chi connectivity index (χ2n) is 10.6. The van der Waals surface area contributed by atoms with Crippen molar-refractivity contribution in [2.75, 3.05) is 50.9 Å². The number of amides is 1. The number of aliphatic hydroxyl groups excluding tert-OH is 1. The van der Waals surface area contributed by atoms with Crippen LogP contribution in [0.2, 0.25) is 0 Å². The Labute approximate surface area is 208 Å². The van der Waals surface area contributed by atoms with Gasteiger partial charge in [-0.25, -0.2) is 8.42 Å². The Morgan fingerprint density at radius 3 is 2.14 bits per heavy atom. The van der Waals surface area contributed by atoms with Crippen molar-refractivity contribution in [1.29, 1.82) is 0 Å². The van der Waals surface area contributed by atoms with Gasteiger partial charge in [0.1, 0.15) is 11.4 Å². The van der Waals surface area contributed by atoms with Crippen LogP contribution in [0.3, 0.4) is 0 Å². The Kier molecular flexibility index (Phi) is 7.88. The topological polar surface area (TPSA) is 104 Å². The van der Waals surface area contributed by atoms with Gasteiger partial charge >= 0.3 is 0 Å². The van der Waals surface area contributed by atoms with Gasteiger partial charge in [-0.1, -0.05) is 13.8 Å². The fourth-order valence-corrected chi connectivity index (χ4v) is 8.10. The summed E-state index contributed by atoms with van der Waals surface area (Å²) >= 11 is 0. The zero-order chi connectivity index (χ0) is 25.2. The monoisotopic (exact) mass is 506 g/mol. The molecule has 8 nitrogen and oxygen atoms in total. The van der Waals surface area contributed by atoms with E-state index in [1.807, 2.05) is 0 Å². The normalized spacial score (nSPS) is 25.9. The zero-order valence-electron chi connectivity index (χ0n) is 20.8. The molecule has 3 saturated heterocycles. The van der Waals surface area contributed by atoms with Crippen LogP contribution in [0.5, 0.6) is 0 Å². The molecule has 3 aliphatic heterocycles. The highest BCUT2D eigenvalue weighted by Crippen LogP contribution is 2.37. The summed E-state index contributed by atoms with van der Waals surface area (Å²) in [6.45, 7) is 7.16. The predicted octanol–water partition coefficient (Wildman–Crippen LogP) is 2.29. The molecule has 4 rings (SSSR count). The summed E-state index contributed by atoms with van der Waals surface area (Å²) in [5.74, 6) is 0.742. The number of hydrogen-bond acceptors (Lipinski definition) is 7. The van der Waals surface area contributed by atoms with Gasteiger partial charge < -0.3 is 19.6 Å².